The summed E-state index contributed by atoms with van der Waals surface area (Å²) in [5.74, 6) is 0.833. The Morgan fingerprint density at radius 3 is 2.76 bits per heavy atom. The molecule has 1 aliphatic rings. The minimum Gasteiger partial charge on any atom is -0.429 e. The van der Waals surface area contributed by atoms with E-state index < -0.39 is 0 Å². The summed E-state index contributed by atoms with van der Waals surface area (Å²) in [5, 5.41) is 0. The second-order valence-corrected chi connectivity index (χ2v) is 4.62. The normalized spacial score (nSPS) is 23.4. The van der Waals surface area contributed by atoms with E-state index in [0.29, 0.717) is 6.42 Å². The van der Waals surface area contributed by atoms with Crippen molar-refractivity contribution in [2.45, 2.75) is 24.8 Å². The summed E-state index contributed by atoms with van der Waals surface area (Å²) < 4.78 is 5.41. The third-order valence-corrected chi connectivity index (χ3v) is 3.43. The Bertz CT molecular complexity index is 535. The summed E-state index contributed by atoms with van der Waals surface area (Å²) in [6.07, 6.45) is 2.36. The Kier molecular flexibility index (Phi) is 2.19. The molecule has 2 aromatic rings. The monoisotopic (exact) mass is 229 g/mol. The number of oxazole rings is 1. The lowest BCUT2D eigenvalue weighted by Gasteiger charge is -2.32. The van der Waals surface area contributed by atoms with Gasteiger partial charge in [0.05, 0.1) is 5.69 Å². The Hall–Kier alpha value is -1.81. The second kappa shape index (κ2) is 3.60. The molecule has 0 saturated heterocycles. The van der Waals surface area contributed by atoms with Crippen LogP contribution in [0.4, 0.5) is 6.01 Å². The minimum absolute atomic E-state index is 0.243. The Balaban J connectivity index is 1.97. The van der Waals surface area contributed by atoms with Gasteiger partial charge < -0.3 is 15.9 Å². The van der Waals surface area contributed by atoms with Crippen LogP contribution in [-0.2, 0) is 18.4 Å². The lowest BCUT2D eigenvalue weighted by Crippen LogP contribution is -2.41. The van der Waals surface area contributed by atoms with Gasteiger partial charge in [0, 0.05) is 12.0 Å². The molecule has 0 saturated carbocycles. The van der Waals surface area contributed by atoms with E-state index in [2.05, 4.69) is 17.1 Å². The van der Waals surface area contributed by atoms with Crippen molar-refractivity contribution < 1.29 is 4.42 Å². The quantitative estimate of drug-likeness (QED) is 0.778. The van der Waals surface area contributed by atoms with Gasteiger partial charge in [-0.15, -0.1) is 0 Å². The minimum atomic E-state index is -0.361. The Labute approximate surface area is 99.6 Å². The molecule has 88 valence electrons. The second-order valence-electron chi connectivity index (χ2n) is 4.62. The summed E-state index contributed by atoms with van der Waals surface area (Å²) in [6.45, 7) is 0. The molecule has 1 heterocycles. The first-order valence-electron chi connectivity index (χ1n) is 5.76. The fraction of sp³-hybridized carbons (Fsp3) is 0.308. The molecule has 1 aromatic carbocycles. The first kappa shape index (κ1) is 10.4. The van der Waals surface area contributed by atoms with Gasteiger partial charge in [0.1, 0.15) is 5.76 Å². The molecule has 0 fully saturated rings. The maximum absolute atomic E-state index is 6.48. The van der Waals surface area contributed by atoms with Gasteiger partial charge in [-0.1, -0.05) is 30.3 Å². The summed E-state index contributed by atoms with van der Waals surface area (Å²) >= 11 is 0. The number of aryl methyl sites for hydroxylation is 1. The van der Waals surface area contributed by atoms with E-state index in [4.69, 9.17) is 15.9 Å². The lowest BCUT2D eigenvalue weighted by molar-refractivity contribution is 0.343. The molecule has 1 atom stereocenters. The van der Waals surface area contributed by atoms with Crippen molar-refractivity contribution in [2.24, 2.45) is 5.73 Å². The SMILES string of the molecule is Nc1nc2c(o1)CC(N)(c1ccccc1)CC2. The van der Waals surface area contributed by atoms with Crippen molar-refractivity contribution in [3.05, 3.63) is 47.3 Å². The number of hydrogen-bond acceptors (Lipinski definition) is 4. The summed E-state index contributed by atoms with van der Waals surface area (Å²) in [7, 11) is 0. The van der Waals surface area contributed by atoms with E-state index in [1.165, 1.54) is 0 Å². The Morgan fingerprint density at radius 1 is 1.24 bits per heavy atom. The number of rotatable bonds is 1. The van der Waals surface area contributed by atoms with Crippen molar-refractivity contribution in [3.63, 3.8) is 0 Å². The predicted octanol–water partition coefficient (Wildman–Crippen LogP) is 1.60. The highest BCUT2D eigenvalue weighted by atomic mass is 16.4. The summed E-state index contributed by atoms with van der Waals surface area (Å²) in [6, 6.07) is 10.4. The molecule has 4 heteroatoms. The van der Waals surface area contributed by atoms with Crippen LogP contribution in [0.2, 0.25) is 0 Å². The van der Waals surface area contributed by atoms with Gasteiger partial charge in [0.2, 0.25) is 0 Å². The number of benzene rings is 1. The van der Waals surface area contributed by atoms with Crippen LogP contribution in [0.25, 0.3) is 0 Å². The molecule has 0 radical (unpaired) electrons. The van der Waals surface area contributed by atoms with Gasteiger partial charge in [-0.05, 0) is 18.4 Å². The number of nitrogen functional groups attached to an aromatic ring is 1. The van der Waals surface area contributed by atoms with Crippen LogP contribution in [0.5, 0.6) is 0 Å². The number of aromatic nitrogens is 1. The number of hydrogen-bond donors (Lipinski definition) is 2. The Morgan fingerprint density at radius 2 is 2.00 bits per heavy atom. The zero-order chi connectivity index (χ0) is 11.9. The molecule has 1 unspecified atom stereocenters. The lowest BCUT2D eigenvalue weighted by atomic mass is 9.78. The smallest absolute Gasteiger partial charge is 0.292 e. The number of nitrogens with zero attached hydrogens (tertiary/aromatic N) is 1. The van der Waals surface area contributed by atoms with Gasteiger partial charge in [-0.2, -0.15) is 4.98 Å². The maximum atomic E-state index is 6.48. The van der Waals surface area contributed by atoms with Crippen LogP contribution >= 0.6 is 0 Å². The molecule has 17 heavy (non-hydrogen) atoms. The van der Waals surface area contributed by atoms with E-state index in [1.807, 2.05) is 18.2 Å². The molecule has 1 aliphatic carbocycles. The fourth-order valence-corrected chi connectivity index (χ4v) is 2.47. The molecule has 4 N–H and O–H groups in total. The molecular weight excluding hydrogens is 214 g/mol. The number of anilines is 1. The average molecular weight is 229 g/mol. The summed E-state index contributed by atoms with van der Waals surface area (Å²) in [5.41, 5.74) is 13.8. The highest BCUT2D eigenvalue weighted by molar-refractivity contribution is 5.32. The predicted molar refractivity (Wildman–Crippen MR) is 65.2 cm³/mol. The molecule has 0 spiro atoms. The zero-order valence-electron chi connectivity index (χ0n) is 9.52. The van der Waals surface area contributed by atoms with Gasteiger partial charge in [0.25, 0.3) is 6.01 Å². The highest BCUT2D eigenvalue weighted by Crippen LogP contribution is 2.34. The third-order valence-electron chi connectivity index (χ3n) is 3.43. The number of fused-ring (bicyclic) bond motifs is 1. The van der Waals surface area contributed by atoms with Crippen LogP contribution in [0.1, 0.15) is 23.4 Å². The zero-order valence-corrected chi connectivity index (χ0v) is 9.52. The average Bonchev–Trinajstić information content (AvgIpc) is 2.69. The van der Waals surface area contributed by atoms with Crippen molar-refractivity contribution in [1.82, 2.24) is 4.98 Å². The molecule has 3 rings (SSSR count). The van der Waals surface area contributed by atoms with Crippen molar-refractivity contribution in [2.75, 3.05) is 5.73 Å². The molecular formula is C13H15N3O. The van der Waals surface area contributed by atoms with Crippen molar-refractivity contribution in [3.8, 4) is 0 Å². The van der Waals surface area contributed by atoms with E-state index in [0.717, 1.165) is 29.9 Å². The fourth-order valence-electron chi connectivity index (χ4n) is 2.47. The van der Waals surface area contributed by atoms with Gasteiger partial charge in [-0.25, -0.2) is 0 Å². The first-order valence-corrected chi connectivity index (χ1v) is 5.76. The number of nitrogens with two attached hydrogens (primary N) is 2. The summed E-state index contributed by atoms with van der Waals surface area (Å²) in [4.78, 5) is 4.17. The van der Waals surface area contributed by atoms with Crippen molar-refractivity contribution >= 4 is 6.01 Å². The molecule has 1 aromatic heterocycles. The largest absolute Gasteiger partial charge is 0.429 e. The third kappa shape index (κ3) is 1.70. The topological polar surface area (TPSA) is 78.1 Å². The van der Waals surface area contributed by atoms with E-state index >= 15 is 0 Å². The van der Waals surface area contributed by atoms with Gasteiger partial charge in [-0.3, -0.25) is 0 Å². The van der Waals surface area contributed by atoms with Crippen molar-refractivity contribution in [1.29, 1.82) is 0 Å². The van der Waals surface area contributed by atoms with E-state index in [1.54, 1.807) is 0 Å². The maximum Gasteiger partial charge on any atom is 0.292 e. The van der Waals surface area contributed by atoms with Crippen LogP contribution in [0, 0.1) is 0 Å². The molecule has 4 nitrogen and oxygen atoms in total. The van der Waals surface area contributed by atoms with Gasteiger partial charge >= 0.3 is 0 Å². The standard InChI is InChI=1S/C13H15N3O/c14-12-16-10-6-7-13(15,8-11(10)17-12)9-4-2-1-3-5-9/h1-5H,6-8,15H2,(H2,14,16). The first-order chi connectivity index (χ1) is 8.17. The van der Waals surface area contributed by atoms with Crippen LogP contribution in [0.3, 0.4) is 0 Å². The van der Waals surface area contributed by atoms with Crippen LogP contribution < -0.4 is 11.5 Å². The van der Waals surface area contributed by atoms with E-state index in [-0.39, 0.29) is 11.6 Å². The van der Waals surface area contributed by atoms with Gasteiger partial charge in [0.15, 0.2) is 0 Å². The van der Waals surface area contributed by atoms with Crippen LogP contribution in [0.15, 0.2) is 34.7 Å². The molecule has 0 bridgehead atoms. The van der Waals surface area contributed by atoms with E-state index in [9.17, 15) is 0 Å². The van der Waals surface area contributed by atoms with Crippen LogP contribution in [-0.4, -0.2) is 4.98 Å². The molecule has 0 aliphatic heterocycles. The highest BCUT2D eigenvalue weighted by Gasteiger charge is 2.35. The molecule has 0 amide bonds.